The second-order valence-corrected chi connectivity index (χ2v) is 11.3. The van der Waals surface area contributed by atoms with Crippen molar-refractivity contribution in [1.82, 2.24) is 16.0 Å². The van der Waals surface area contributed by atoms with Gasteiger partial charge in [0.15, 0.2) is 0 Å². The number of aliphatic carboxylic acids is 1. The van der Waals surface area contributed by atoms with E-state index in [-0.39, 0.29) is 42.5 Å². The number of carboxylic acids is 1. The van der Waals surface area contributed by atoms with E-state index >= 15 is 0 Å². The van der Waals surface area contributed by atoms with Gasteiger partial charge >= 0.3 is 5.97 Å². The number of amides is 2. The topological polar surface area (TPSA) is 125 Å². The van der Waals surface area contributed by atoms with Crippen molar-refractivity contribution >= 4 is 23.6 Å². The van der Waals surface area contributed by atoms with Crippen molar-refractivity contribution in [2.45, 2.75) is 168 Å². The first kappa shape index (κ1) is 37.0. The Hall–Kier alpha value is -1.96. The lowest BCUT2D eigenvalue weighted by Gasteiger charge is -2.18. The quantitative estimate of drug-likeness (QED) is 0.0917. The number of unbranched alkanes of at least 4 members (excludes halogenated alkanes) is 13. The summed E-state index contributed by atoms with van der Waals surface area (Å²) in [6, 6.07) is -0.986. The van der Waals surface area contributed by atoms with Crippen LogP contribution in [-0.2, 0) is 19.2 Å². The third kappa shape index (κ3) is 23.6. The average Bonchev–Trinajstić information content (AvgIpc) is 2.87. The van der Waals surface area contributed by atoms with Crippen molar-refractivity contribution in [3.63, 3.8) is 0 Å². The Morgan fingerprint density at radius 1 is 0.641 bits per heavy atom. The highest BCUT2D eigenvalue weighted by Crippen LogP contribution is 2.13. The van der Waals surface area contributed by atoms with Crippen LogP contribution in [0.5, 0.6) is 0 Å². The molecule has 2 atom stereocenters. The van der Waals surface area contributed by atoms with Crippen molar-refractivity contribution in [3.8, 4) is 0 Å². The molecule has 4 N–H and O–H groups in total. The SMILES string of the molecule is CCCCCCCCCCCCCCCC(=O)N[C@@H](CCC(=O)NCCCC[C@H](NC(C)C)C(C)=O)C(=O)O. The maximum atomic E-state index is 12.2. The van der Waals surface area contributed by atoms with Gasteiger partial charge in [0.25, 0.3) is 0 Å². The zero-order chi connectivity index (χ0) is 29.3. The number of carbonyl (C=O) groups is 4. The van der Waals surface area contributed by atoms with Crippen LogP contribution in [0.4, 0.5) is 0 Å². The predicted molar refractivity (Wildman–Crippen MR) is 159 cm³/mol. The molecule has 228 valence electrons. The number of ketones is 1. The van der Waals surface area contributed by atoms with Gasteiger partial charge < -0.3 is 21.1 Å². The second-order valence-electron chi connectivity index (χ2n) is 11.3. The van der Waals surface area contributed by atoms with Gasteiger partial charge in [0.05, 0.1) is 6.04 Å². The van der Waals surface area contributed by atoms with E-state index in [0.717, 1.165) is 38.5 Å². The Labute approximate surface area is 238 Å². The van der Waals surface area contributed by atoms with Crippen LogP contribution in [0.3, 0.4) is 0 Å². The zero-order valence-electron chi connectivity index (χ0n) is 25.5. The smallest absolute Gasteiger partial charge is 0.326 e. The van der Waals surface area contributed by atoms with Crippen molar-refractivity contribution < 1.29 is 24.3 Å². The number of carbonyl (C=O) groups excluding carboxylic acids is 3. The number of nitrogens with one attached hydrogen (secondary N) is 3. The molecule has 39 heavy (non-hydrogen) atoms. The molecule has 8 nitrogen and oxygen atoms in total. The molecule has 0 aromatic carbocycles. The fourth-order valence-corrected chi connectivity index (χ4v) is 4.70. The first-order valence-corrected chi connectivity index (χ1v) is 15.7. The van der Waals surface area contributed by atoms with Gasteiger partial charge in [-0.3, -0.25) is 14.4 Å². The third-order valence-electron chi connectivity index (χ3n) is 7.07. The highest BCUT2D eigenvalue weighted by Gasteiger charge is 2.21. The Kier molecular flexibility index (Phi) is 23.8. The van der Waals surface area contributed by atoms with Crippen LogP contribution in [0, 0.1) is 0 Å². The van der Waals surface area contributed by atoms with Crippen LogP contribution in [-0.4, -0.2) is 53.3 Å². The Morgan fingerprint density at radius 2 is 1.18 bits per heavy atom. The monoisotopic (exact) mass is 553 g/mol. The van der Waals surface area contributed by atoms with Gasteiger partial charge in [0, 0.05) is 25.4 Å². The summed E-state index contributed by atoms with van der Waals surface area (Å²) in [5, 5.41) is 18.1. The van der Waals surface area contributed by atoms with E-state index < -0.39 is 12.0 Å². The second kappa shape index (κ2) is 25.0. The number of rotatable bonds is 27. The summed E-state index contributed by atoms with van der Waals surface area (Å²) in [7, 11) is 0. The molecular weight excluding hydrogens is 494 g/mol. The molecule has 0 unspecified atom stereocenters. The fourth-order valence-electron chi connectivity index (χ4n) is 4.70. The molecule has 0 rings (SSSR count). The lowest BCUT2D eigenvalue weighted by Crippen LogP contribution is -2.41. The summed E-state index contributed by atoms with van der Waals surface area (Å²) in [5.41, 5.74) is 0. The van der Waals surface area contributed by atoms with Crippen LogP contribution in [0.1, 0.15) is 150 Å². The predicted octanol–water partition coefficient (Wildman–Crippen LogP) is 6.06. The Bertz CT molecular complexity index is 669. The van der Waals surface area contributed by atoms with Crippen LogP contribution < -0.4 is 16.0 Å². The summed E-state index contributed by atoms with van der Waals surface area (Å²) in [6.07, 6.45) is 18.7. The lowest BCUT2D eigenvalue weighted by molar-refractivity contribution is -0.142. The molecule has 0 spiro atoms. The molecule has 0 aliphatic carbocycles. The standard InChI is InChI=1S/C31H59N3O5/c1-5-6-7-8-9-10-11-12-13-14-15-16-17-21-30(37)34-28(31(38)39)22-23-29(36)32-24-19-18-20-27(26(4)35)33-25(2)3/h25,27-28,33H,5-24H2,1-4H3,(H,32,36)(H,34,37)(H,38,39)/t27-,28-/m0/s1. The van der Waals surface area contributed by atoms with Gasteiger partial charge in [-0.2, -0.15) is 0 Å². The zero-order valence-corrected chi connectivity index (χ0v) is 25.5. The first-order valence-electron chi connectivity index (χ1n) is 15.7. The summed E-state index contributed by atoms with van der Waals surface area (Å²) in [4.78, 5) is 47.6. The third-order valence-corrected chi connectivity index (χ3v) is 7.07. The van der Waals surface area contributed by atoms with Crippen LogP contribution >= 0.6 is 0 Å². The lowest BCUT2D eigenvalue weighted by atomic mass is 10.0. The summed E-state index contributed by atoms with van der Waals surface area (Å²) in [5.74, 6) is -1.49. The van der Waals surface area contributed by atoms with E-state index in [1.54, 1.807) is 6.92 Å². The van der Waals surface area contributed by atoms with E-state index in [1.165, 1.54) is 64.2 Å². The largest absolute Gasteiger partial charge is 0.480 e. The molecule has 0 aliphatic rings. The molecule has 2 amide bonds. The number of carboxylic acid groups (broad SMARTS) is 1. The van der Waals surface area contributed by atoms with Crippen molar-refractivity contribution in [2.24, 2.45) is 0 Å². The Balaban J connectivity index is 3.88. The molecule has 8 heteroatoms. The average molecular weight is 554 g/mol. The molecule has 0 saturated heterocycles. The summed E-state index contributed by atoms with van der Waals surface area (Å²) < 4.78 is 0. The highest BCUT2D eigenvalue weighted by molar-refractivity contribution is 5.84. The van der Waals surface area contributed by atoms with Crippen LogP contribution in [0.2, 0.25) is 0 Å². The van der Waals surface area contributed by atoms with E-state index in [2.05, 4.69) is 22.9 Å². The molecule has 0 saturated carbocycles. The van der Waals surface area contributed by atoms with Gasteiger partial charge in [-0.1, -0.05) is 97.8 Å². The van der Waals surface area contributed by atoms with Crippen molar-refractivity contribution in [3.05, 3.63) is 0 Å². The van der Waals surface area contributed by atoms with Gasteiger partial charge in [0.1, 0.15) is 11.8 Å². The maximum Gasteiger partial charge on any atom is 0.326 e. The van der Waals surface area contributed by atoms with Crippen LogP contribution in [0.15, 0.2) is 0 Å². The number of hydrogen-bond acceptors (Lipinski definition) is 5. The molecule has 0 heterocycles. The normalized spacial score (nSPS) is 12.7. The molecule has 0 aliphatic heterocycles. The van der Waals surface area contributed by atoms with Gasteiger partial charge in [0.2, 0.25) is 11.8 Å². The fraction of sp³-hybridized carbons (Fsp3) is 0.871. The minimum Gasteiger partial charge on any atom is -0.480 e. The van der Waals surface area contributed by atoms with Gasteiger partial charge in [-0.05, 0) is 39.0 Å². The molecule has 0 fully saturated rings. The van der Waals surface area contributed by atoms with Gasteiger partial charge in [-0.25, -0.2) is 4.79 Å². The van der Waals surface area contributed by atoms with E-state index in [4.69, 9.17) is 0 Å². The Morgan fingerprint density at radius 3 is 1.67 bits per heavy atom. The molecule has 0 aromatic rings. The number of hydrogen-bond donors (Lipinski definition) is 4. The maximum absolute atomic E-state index is 12.2. The first-order chi connectivity index (χ1) is 18.7. The van der Waals surface area contributed by atoms with E-state index in [9.17, 15) is 24.3 Å². The number of Topliss-reactive ketones (excluding diaryl/α,β-unsaturated/α-hetero) is 1. The molecule has 0 aromatic heterocycles. The van der Waals surface area contributed by atoms with E-state index in [0.29, 0.717) is 13.0 Å². The molecule has 0 radical (unpaired) electrons. The summed E-state index contributed by atoms with van der Waals surface area (Å²) in [6.45, 7) is 8.31. The highest BCUT2D eigenvalue weighted by atomic mass is 16.4. The van der Waals surface area contributed by atoms with E-state index in [1.807, 2.05) is 13.8 Å². The van der Waals surface area contributed by atoms with Crippen molar-refractivity contribution in [1.29, 1.82) is 0 Å². The minimum absolute atomic E-state index is 0.0426. The van der Waals surface area contributed by atoms with Gasteiger partial charge in [-0.15, -0.1) is 0 Å². The van der Waals surface area contributed by atoms with Crippen LogP contribution in [0.25, 0.3) is 0 Å². The van der Waals surface area contributed by atoms with Crippen molar-refractivity contribution in [2.75, 3.05) is 6.54 Å². The molecular formula is C31H59N3O5. The molecule has 0 bridgehead atoms. The summed E-state index contributed by atoms with van der Waals surface area (Å²) >= 11 is 0. The minimum atomic E-state index is -1.12.